The second-order valence-corrected chi connectivity index (χ2v) is 5.52. The summed E-state index contributed by atoms with van der Waals surface area (Å²) in [6.45, 7) is 8.14. The van der Waals surface area contributed by atoms with E-state index in [1.165, 1.54) is 0 Å². The first-order valence-electron chi connectivity index (χ1n) is 6.67. The first-order chi connectivity index (χ1) is 10.4. The Kier molecular flexibility index (Phi) is 12.4. The maximum absolute atomic E-state index is 11.2. The zero-order valence-corrected chi connectivity index (χ0v) is 14.8. The molecule has 0 saturated heterocycles. The van der Waals surface area contributed by atoms with Crippen molar-refractivity contribution < 1.29 is 18.0 Å². The number of amides is 2. The van der Waals surface area contributed by atoms with E-state index < -0.39 is 12.2 Å². The van der Waals surface area contributed by atoms with Crippen LogP contribution < -0.4 is 10.6 Å². The monoisotopic (exact) mass is 350 g/mol. The maximum Gasteiger partial charge on any atom is 0.420 e. The molecule has 2 amide bonds. The maximum atomic E-state index is 11.2. The first kappa shape index (κ1) is 20.6. The summed E-state index contributed by atoms with van der Waals surface area (Å²) in [4.78, 5) is 22.4. The van der Waals surface area contributed by atoms with Crippen molar-refractivity contribution in [2.24, 2.45) is 8.80 Å². The SMILES string of the molecule is CC(C)=NSOC(=O)NCCCCNC(=O)OSN=C(C)C. The summed E-state index contributed by atoms with van der Waals surface area (Å²) in [5.74, 6) is 0. The smallest absolute Gasteiger partial charge is 0.351 e. The van der Waals surface area contributed by atoms with Gasteiger partial charge in [-0.15, -0.1) is 0 Å². The lowest BCUT2D eigenvalue weighted by atomic mass is 10.3. The third-order valence-corrected chi connectivity index (χ3v) is 3.14. The lowest BCUT2D eigenvalue weighted by molar-refractivity contribution is 0.205. The molecule has 0 aliphatic heterocycles. The van der Waals surface area contributed by atoms with Crippen LogP contribution in [0.25, 0.3) is 0 Å². The minimum Gasteiger partial charge on any atom is -0.351 e. The van der Waals surface area contributed by atoms with Crippen LogP contribution in [-0.4, -0.2) is 36.7 Å². The van der Waals surface area contributed by atoms with Crippen LogP contribution in [0.3, 0.4) is 0 Å². The second kappa shape index (κ2) is 13.3. The molecule has 0 aliphatic carbocycles. The standard InChI is InChI=1S/C12H22N4O4S2/c1-9(2)15-21-19-11(17)13-7-5-6-8-14-12(18)20-22-16-10(3)4/h5-8H2,1-4H3,(H,13,17)(H,14,18). The fraction of sp³-hybridized carbons (Fsp3) is 0.667. The van der Waals surface area contributed by atoms with E-state index >= 15 is 0 Å². The molecule has 0 saturated carbocycles. The van der Waals surface area contributed by atoms with Crippen molar-refractivity contribution in [3.63, 3.8) is 0 Å². The number of nitrogens with one attached hydrogen (secondary N) is 2. The van der Waals surface area contributed by atoms with Gasteiger partial charge >= 0.3 is 12.2 Å². The number of rotatable bonds is 9. The minimum absolute atomic E-state index is 0.457. The molecule has 2 N–H and O–H groups in total. The van der Waals surface area contributed by atoms with Gasteiger partial charge < -0.3 is 19.0 Å². The van der Waals surface area contributed by atoms with Crippen LogP contribution in [0.2, 0.25) is 0 Å². The van der Waals surface area contributed by atoms with Gasteiger partial charge in [0, 0.05) is 24.5 Å². The van der Waals surface area contributed by atoms with E-state index in [0.717, 1.165) is 35.9 Å². The molecule has 0 aromatic rings. The number of hydrogen-bond donors (Lipinski definition) is 2. The van der Waals surface area contributed by atoms with Crippen LogP contribution in [0.4, 0.5) is 9.59 Å². The lowest BCUT2D eigenvalue weighted by Crippen LogP contribution is -2.26. The van der Waals surface area contributed by atoms with E-state index in [1.54, 1.807) is 27.7 Å². The molecule has 10 heteroatoms. The molecule has 22 heavy (non-hydrogen) atoms. The van der Waals surface area contributed by atoms with Crippen LogP contribution in [0.1, 0.15) is 40.5 Å². The summed E-state index contributed by atoms with van der Waals surface area (Å²) in [5, 5.41) is 5.15. The van der Waals surface area contributed by atoms with Crippen molar-refractivity contribution in [3.05, 3.63) is 0 Å². The van der Waals surface area contributed by atoms with Gasteiger partial charge in [-0.1, -0.05) is 0 Å². The number of carbonyl (C=O) groups is 2. The minimum atomic E-state index is -0.536. The molecule has 0 heterocycles. The number of unbranched alkanes of at least 4 members (excludes halogenated alkanes) is 1. The second-order valence-electron chi connectivity index (χ2n) is 4.53. The lowest BCUT2D eigenvalue weighted by Gasteiger charge is -2.05. The third kappa shape index (κ3) is 15.0. The highest BCUT2D eigenvalue weighted by Crippen LogP contribution is 2.05. The average Bonchev–Trinajstić information content (AvgIpc) is 2.41. The molecule has 0 rings (SSSR count). The van der Waals surface area contributed by atoms with Crippen LogP contribution in [0, 0.1) is 0 Å². The summed E-state index contributed by atoms with van der Waals surface area (Å²) in [5.41, 5.74) is 1.63. The van der Waals surface area contributed by atoms with Crippen molar-refractivity contribution in [1.29, 1.82) is 0 Å². The van der Waals surface area contributed by atoms with E-state index in [2.05, 4.69) is 19.4 Å². The van der Waals surface area contributed by atoms with Gasteiger partial charge in [0.05, 0.1) is 0 Å². The summed E-state index contributed by atoms with van der Waals surface area (Å²) in [7, 11) is 0. The van der Waals surface area contributed by atoms with Crippen molar-refractivity contribution in [2.75, 3.05) is 13.1 Å². The van der Waals surface area contributed by atoms with Crippen molar-refractivity contribution in [1.82, 2.24) is 10.6 Å². The molecule has 0 unspecified atom stereocenters. The molecule has 0 aromatic carbocycles. The molecular weight excluding hydrogens is 328 g/mol. The van der Waals surface area contributed by atoms with Crippen LogP contribution in [-0.2, 0) is 8.37 Å². The summed E-state index contributed by atoms with van der Waals surface area (Å²) in [6.07, 6.45) is 0.337. The average molecular weight is 350 g/mol. The number of hydrogen-bond acceptors (Lipinski definition) is 8. The summed E-state index contributed by atoms with van der Waals surface area (Å²) < 4.78 is 17.2. The topological polar surface area (TPSA) is 101 Å². The molecule has 8 nitrogen and oxygen atoms in total. The Labute approximate surface area is 139 Å². The molecule has 0 aliphatic rings. The van der Waals surface area contributed by atoms with Gasteiger partial charge in [0.2, 0.25) is 24.5 Å². The van der Waals surface area contributed by atoms with E-state index in [4.69, 9.17) is 8.37 Å². The Morgan fingerprint density at radius 1 is 0.818 bits per heavy atom. The third-order valence-electron chi connectivity index (χ3n) is 1.81. The molecule has 0 spiro atoms. The highest BCUT2D eigenvalue weighted by molar-refractivity contribution is 7.94. The predicted octanol–water partition coefficient (Wildman–Crippen LogP) is 3.31. The Morgan fingerprint density at radius 3 is 1.50 bits per heavy atom. The van der Waals surface area contributed by atoms with Crippen molar-refractivity contribution in [2.45, 2.75) is 40.5 Å². The summed E-state index contributed by atoms with van der Waals surface area (Å²) in [6, 6.07) is 0. The Morgan fingerprint density at radius 2 is 1.18 bits per heavy atom. The summed E-state index contributed by atoms with van der Waals surface area (Å²) >= 11 is 1.48. The van der Waals surface area contributed by atoms with Crippen molar-refractivity contribution >= 4 is 48.1 Å². The Hall–Kier alpha value is -1.42. The molecule has 0 aromatic heterocycles. The number of nitrogens with zero attached hydrogens (tertiary/aromatic N) is 2. The van der Waals surface area contributed by atoms with E-state index in [0.29, 0.717) is 25.9 Å². The first-order valence-corrected chi connectivity index (χ1v) is 8.07. The molecule has 126 valence electrons. The van der Waals surface area contributed by atoms with Gasteiger partial charge in [0.25, 0.3) is 0 Å². The van der Waals surface area contributed by atoms with Crippen LogP contribution in [0.5, 0.6) is 0 Å². The van der Waals surface area contributed by atoms with E-state index in [1.807, 2.05) is 0 Å². The van der Waals surface area contributed by atoms with Gasteiger partial charge in [-0.05, 0) is 40.5 Å². The molecule has 0 radical (unpaired) electrons. The molecular formula is C12H22N4O4S2. The highest BCUT2D eigenvalue weighted by Gasteiger charge is 2.03. The molecule has 0 atom stereocenters. The Balaban J connectivity index is 3.46. The molecule has 0 bridgehead atoms. The van der Waals surface area contributed by atoms with Gasteiger partial charge in [0.15, 0.2) is 0 Å². The van der Waals surface area contributed by atoms with Gasteiger partial charge in [-0.3, -0.25) is 0 Å². The zero-order valence-electron chi connectivity index (χ0n) is 13.2. The quantitative estimate of drug-likeness (QED) is 0.286. The fourth-order valence-electron chi connectivity index (χ4n) is 0.944. The van der Waals surface area contributed by atoms with E-state index in [9.17, 15) is 9.59 Å². The van der Waals surface area contributed by atoms with E-state index in [-0.39, 0.29) is 0 Å². The number of carbonyl (C=O) groups excluding carboxylic acids is 2. The van der Waals surface area contributed by atoms with Gasteiger partial charge in [0.1, 0.15) is 0 Å². The van der Waals surface area contributed by atoms with Gasteiger partial charge in [-0.25, -0.2) is 9.59 Å². The largest absolute Gasteiger partial charge is 0.420 e. The Bertz CT molecular complexity index is 370. The fourth-order valence-corrected chi connectivity index (χ4v) is 1.57. The zero-order chi connectivity index (χ0) is 16.8. The van der Waals surface area contributed by atoms with Crippen LogP contribution in [0.15, 0.2) is 8.80 Å². The molecule has 0 fully saturated rings. The van der Waals surface area contributed by atoms with Crippen molar-refractivity contribution in [3.8, 4) is 0 Å². The highest BCUT2D eigenvalue weighted by atomic mass is 32.2. The predicted molar refractivity (Wildman–Crippen MR) is 90.9 cm³/mol. The normalized spacial score (nSPS) is 9.45. The van der Waals surface area contributed by atoms with Gasteiger partial charge in [-0.2, -0.15) is 8.80 Å². The van der Waals surface area contributed by atoms with Crippen LogP contribution >= 0.6 is 24.5 Å².